The normalized spacial score (nSPS) is 14.8. The van der Waals surface area contributed by atoms with Crippen molar-refractivity contribution in [3.8, 4) is 34.1 Å². The van der Waals surface area contributed by atoms with Crippen molar-refractivity contribution in [1.29, 1.82) is 0 Å². The summed E-state index contributed by atoms with van der Waals surface area (Å²) in [7, 11) is 2.98. The molecule has 0 radical (unpaired) electrons. The molecule has 0 saturated heterocycles. The molecule has 1 aliphatic rings. The van der Waals surface area contributed by atoms with Crippen LogP contribution >= 0.6 is 0 Å². The van der Waals surface area contributed by atoms with Gasteiger partial charge in [0.15, 0.2) is 16.9 Å². The Morgan fingerprint density at radius 2 is 1.68 bits per heavy atom. The first-order valence-electron chi connectivity index (χ1n) is 11.7. The van der Waals surface area contributed by atoms with Crippen LogP contribution in [-0.2, 0) is 4.79 Å². The van der Waals surface area contributed by atoms with Crippen molar-refractivity contribution in [2.75, 3.05) is 14.2 Å². The van der Waals surface area contributed by atoms with Crippen LogP contribution in [0, 0.1) is 0 Å². The van der Waals surface area contributed by atoms with E-state index >= 15 is 0 Å². The third kappa shape index (κ3) is 3.51. The number of benzene rings is 3. The largest absolute Gasteiger partial charge is 0.507 e. The second-order valence-corrected chi connectivity index (χ2v) is 8.81. The molecule has 0 spiro atoms. The summed E-state index contributed by atoms with van der Waals surface area (Å²) in [5.74, 6) is -0.950. The molecule has 1 atom stereocenters. The number of carbonyl (C=O) groups is 1. The number of aromatic hydroxyl groups is 1. The molecule has 1 N–H and O–H groups in total. The van der Waals surface area contributed by atoms with Crippen LogP contribution in [0.3, 0.4) is 0 Å². The van der Waals surface area contributed by atoms with Gasteiger partial charge in [-0.1, -0.05) is 18.2 Å². The molecule has 0 fully saturated rings. The summed E-state index contributed by atoms with van der Waals surface area (Å²) < 4.78 is 27.6. The molecule has 9 nitrogen and oxygen atoms in total. The summed E-state index contributed by atoms with van der Waals surface area (Å²) in [6.07, 6.45) is 2.39. The third-order valence-electron chi connectivity index (χ3n) is 6.75. The fourth-order valence-electron chi connectivity index (χ4n) is 4.93. The summed E-state index contributed by atoms with van der Waals surface area (Å²) in [4.78, 5) is 39.5. The molecule has 5 aromatic rings. The Hall–Kier alpha value is -5.05. The van der Waals surface area contributed by atoms with E-state index in [-0.39, 0.29) is 39.7 Å². The lowest BCUT2D eigenvalue weighted by Crippen LogP contribution is -2.25. The first-order chi connectivity index (χ1) is 18.4. The molecule has 6 rings (SSSR count). The van der Waals surface area contributed by atoms with Crippen LogP contribution in [0.1, 0.15) is 23.5 Å². The van der Waals surface area contributed by atoms with Crippen LogP contribution in [0.15, 0.2) is 79.5 Å². The van der Waals surface area contributed by atoms with Crippen LogP contribution < -0.4 is 25.1 Å². The molecule has 9 heteroatoms. The Morgan fingerprint density at radius 1 is 0.895 bits per heavy atom. The number of phenols is 1. The quantitative estimate of drug-likeness (QED) is 0.269. The van der Waals surface area contributed by atoms with Gasteiger partial charge in [-0.05, 0) is 29.8 Å². The SMILES string of the molecule is COc1ccc(-c2coc3c4c(cc(O)c3c2=O)OC(=O)C[C@@H]4c2coc3ccccc3c2=O)cc1OC. The lowest BCUT2D eigenvalue weighted by molar-refractivity contribution is -0.135. The van der Waals surface area contributed by atoms with E-state index in [0.29, 0.717) is 33.6 Å². The minimum atomic E-state index is -0.828. The fraction of sp³-hybridized carbons (Fsp3) is 0.138. The first kappa shape index (κ1) is 23.4. The number of methoxy groups -OCH3 is 2. The lowest BCUT2D eigenvalue weighted by Gasteiger charge is -2.25. The maximum absolute atomic E-state index is 13.7. The van der Waals surface area contributed by atoms with Crippen molar-refractivity contribution in [2.24, 2.45) is 0 Å². The predicted molar refractivity (Wildman–Crippen MR) is 137 cm³/mol. The fourth-order valence-corrected chi connectivity index (χ4v) is 4.93. The Morgan fingerprint density at radius 3 is 2.47 bits per heavy atom. The summed E-state index contributed by atoms with van der Waals surface area (Å²) in [6.45, 7) is 0. The van der Waals surface area contributed by atoms with E-state index in [9.17, 15) is 19.5 Å². The highest BCUT2D eigenvalue weighted by atomic mass is 16.5. The summed E-state index contributed by atoms with van der Waals surface area (Å²) >= 11 is 0. The highest BCUT2D eigenvalue weighted by Crippen LogP contribution is 2.45. The number of ether oxygens (including phenoxy) is 3. The molecule has 0 aliphatic carbocycles. The Balaban J connectivity index is 1.59. The highest BCUT2D eigenvalue weighted by molar-refractivity contribution is 5.94. The maximum atomic E-state index is 13.7. The molecule has 3 heterocycles. The number of hydrogen-bond acceptors (Lipinski definition) is 9. The standard InChI is InChI=1S/C29H20O9/c1-34-21-8-7-14(9-22(21)35-2)17-12-37-29-25-16(18-13-36-20-6-4-3-5-15(20)27(18)32)10-24(31)38-23(25)11-19(30)26(29)28(17)33/h3-9,11-13,16,30H,10H2,1-2H3/t16-/m1/s1. The molecule has 1 aliphatic heterocycles. The van der Waals surface area contributed by atoms with Gasteiger partial charge in [0.25, 0.3) is 0 Å². The van der Waals surface area contributed by atoms with Crippen molar-refractivity contribution in [2.45, 2.75) is 12.3 Å². The van der Waals surface area contributed by atoms with Gasteiger partial charge in [-0.3, -0.25) is 14.4 Å². The van der Waals surface area contributed by atoms with E-state index in [1.54, 1.807) is 42.5 Å². The number of rotatable bonds is 4. The monoisotopic (exact) mass is 512 g/mol. The van der Waals surface area contributed by atoms with Gasteiger partial charge in [-0.25, -0.2) is 0 Å². The molecule has 0 bridgehead atoms. The minimum absolute atomic E-state index is 0.00539. The van der Waals surface area contributed by atoms with Crippen molar-refractivity contribution < 1.29 is 32.9 Å². The summed E-state index contributed by atoms with van der Waals surface area (Å²) in [5.41, 5.74) is 0.747. The molecule has 190 valence electrons. The maximum Gasteiger partial charge on any atom is 0.312 e. The zero-order chi connectivity index (χ0) is 26.6. The van der Waals surface area contributed by atoms with Crippen LogP contribution in [0.2, 0.25) is 0 Å². The van der Waals surface area contributed by atoms with Gasteiger partial charge >= 0.3 is 5.97 Å². The predicted octanol–water partition coefficient (Wildman–Crippen LogP) is 4.73. The Bertz CT molecular complexity index is 1880. The number of phenolic OH excluding ortho intramolecular Hbond substituents is 1. The zero-order valence-corrected chi connectivity index (χ0v) is 20.3. The van der Waals surface area contributed by atoms with Crippen molar-refractivity contribution >= 4 is 27.9 Å². The second-order valence-electron chi connectivity index (χ2n) is 8.81. The summed E-state index contributed by atoms with van der Waals surface area (Å²) in [6, 6.07) is 12.9. The van der Waals surface area contributed by atoms with Crippen LogP contribution in [-0.4, -0.2) is 25.3 Å². The number of esters is 1. The van der Waals surface area contributed by atoms with Crippen molar-refractivity contribution in [1.82, 2.24) is 0 Å². The average Bonchev–Trinajstić information content (AvgIpc) is 2.92. The van der Waals surface area contributed by atoms with Gasteiger partial charge in [0.05, 0.1) is 37.9 Å². The van der Waals surface area contributed by atoms with Crippen LogP contribution in [0.5, 0.6) is 23.0 Å². The van der Waals surface area contributed by atoms with Crippen molar-refractivity contribution in [3.63, 3.8) is 0 Å². The molecule has 38 heavy (non-hydrogen) atoms. The van der Waals surface area contributed by atoms with Gasteiger partial charge < -0.3 is 28.2 Å². The molecule has 0 saturated carbocycles. The number of hydrogen-bond donors (Lipinski definition) is 1. The van der Waals surface area contributed by atoms with Gasteiger partial charge in [-0.2, -0.15) is 0 Å². The summed E-state index contributed by atoms with van der Waals surface area (Å²) in [5, 5.41) is 11.1. The number of fused-ring (bicyclic) bond motifs is 4. The Kier molecular flexibility index (Phi) is 5.41. The third-order valence-corrected chi connectivity index (χ3v) is 6.75. The number of para-hydroxylation sites is 1. The molecular formula is C29H20O9. The highest BCUT2D eigenvalue weighted by Gasteiger charge is 2.35. The van der Waals surface area contributed by atoms with Gasteiger partial charge in [0.2, 0.25) is 5.43 Å². The van der Waals surface area contributed by atoms with Crippen molar-refractivity contribution in [3.05, 3.63) is 92.6 Å². The molecule has 0 unspecified atom stereocenters. The van der Waals surface area contributed by atoms with E-state index in [2.05, 4.69) is 0 Å². The molecule has 3 aromatic carbocycles. The van der Waals surface area contributed by atoms with E-state index in [1.165, 1.54) is 32.8 Å². The molecular weight excluding hydrogens is 492 g/mol. The van der Waals surface area contributed by atoms with Gasteiger partial charge in [-0.15, -0.1) is 0 Å². The van der Waals surface area contributed by atoms with Gasteiger partial charge in [0.1, 0.15) is 34.3 Å². The first-order valence-corrected chi connectivity index (χ1v) is 11.7. The zero-order valence-electron chi connectivity index (χ0n) is 20.3. The van der Waals surface area contributed by atoms with E-state index < -0.39 is 23.1 Å². The molecule has 0 amide bonds. The average molecular weight is 512 g/mol. The van der Waals surface area contributed by atoms with E-state index in [0.717, 1.165) is 0 Å². The van der Waals surface area contributed by atoms with E-state index in [1.807, 2.05) is 0 Å². The number of carbonyl (C=O) groups excluding carboxylic acids is 1. The lowest BCUT2D eigenvalue weighted by atomic mass is 9.85. The minimum Gasteiger partial charge on any atom is -0.507 e. The van der Waals surface area contributed by atoms with E-state index in [4.69, 9.17) is 23.0 Å². The Labute approximate surface area is 214 Å². The van der Waals surface area contributed by atoms with Gasteiger partial charge in [0, 0.05) is 23.1 Å². The second kappa shape index (κ2) is 8.81. The smallest absolute Gasteiger partial charge is 0.312 e. The molecule has 2 aromatic heterocycles. The van der Waals surface area contributed by atoms with Crippen LogP contribution in [0.4, 0.5) is 0 Å². The topological polar surface area (TPSA) is 125 Å². The van der Waals surface area contributed by atoms with Crippen LogP contribution in [0.25, 0.3) is 33.1 Å².